The van der Waals surface area contributed by atoms with Gasteiger partial charge in [0.15, 0.2) is 11.6 Å². The van der Waals surface area contributed by atoms with E-state index in [-0.39, 0.29) is 28.4 Å². The first-order chi connectivity index (χ1) is 16.9. The standard InChI is InChI=1S/C23H26FN5O5S/c1-3-33-19(30)18-12-25-22(35-18)34-17-10-9-15(11-16(17)24)26-20-27-21(31)28(2)23(32)29(20)13-14-7-5-4-6-8-14/h9-12,14H,3-8,13H2,1-2H3,(H,26,27,31). The molecule has 10 nitrogen and oxygen atoms in total. The molecular formula is C23H26FN5O5S. The zero-order valence-corrected chi connectivity index (χ0v) is 20.3. The molecule has 1 aromatic carbocycles. The summed E-state index contributed by atoms with van der Waals surface area (Å²) in [5.74, 6) is -0.951. The minimum atomic E-state index is -0.701. The number of ether oxygens (including phenoxy) is 2. The van der Waals surface area contributed by atoms with Crippen LogP contribution in [-0.2, 0) is 18.3 Å². The van der Waals surface area contributed by atoms with Gasteiger partial charge in [0, 0.05) is 25.3 Å². The predicted molar refractivity (Wildman–Crippen MR) is 128 cm³/mol. The maximum atomic E-state index is 14.8. The summed E-state index contributed by atoms with van der Waals surface area (Å²) in [5, 5.41) is 2.99. The lowest BCUT2D eigenvalue weighted by Crippen LogP contribution is -2.42. The number of hydrogen-bond acceptors (Lipinski definition) is 9. The number of nitrogens with zero attached hydrogens (tertiary/aromatic N) is 4. The maximum absolute atomic E-state index is 14.8. The summed E-state index contributed by atoms with van der Waals surface area (Å²) in [7, 11) is 1.39. The Labute approximate surface area is 204 Å². The lowest BCUT2D eigenvalue weighted by molar-refractivity contribution is 0.0532. The van der Waals surface area contributed by atoms with Crippen LogP contribution >= 0.6 is 11.3 Å². The molecule has 2 aromatic heterocycles. The number of aromatic nitrogens is 4. The summed E-state index contributed by atoms with van der Waals surface area (Å²) in [6.45, 7) is 2.35. The molecule has 0 atom stereocenters. The van der Waals surface area contributed by atoms with E-state index in [1.807, 2.05) is 0 Å². The van der Waals surface area contributed by atoms with Crippen molar-refractivity contribution in [2.75, 3.05) is 11.9 Å². The second-order valence-corrected chi connectivity index (χ2v) is 9.25. The van der Waals surface area contributed by atoms with Gasteiger partial charge in [0.05, 0.1) is 12.8 Å². The van der Waals surface area contributed by atoms with Crippen molar-refractivity contribution >= 4 is 28.9 Å². The lowest BCUT2D eigenvalue weighted by atomic mass is 9.89. The highest BCUT2D eigenvalue weighted by atomic mass is 32.1. The van der Waals surface area contributed by atoms with Crippen LogP contribution in [0.3, 0.4) is 0 Å². The van der Waals surface area contributed by atoms with Crippen LogP contribution in [0.15, 0.2) is 34.0 Å². The highest BCUT2D eigenvalue weighted by Gasteiger charge is 2.19. The van der Waals surface area contributed by atoms with Crippen LogP contribution < -0.4 is 21.4 Å². The van der Waals surface area contributed by atoms with Crippen molar-refractivity contribution in [2.24, 2.45) is 13.0 Å². The van der Waals surface area contributed by atoms with Crippen molar-refractivity contribution in [3.05, 3.63) is 56.1 Å². The largest absolute Gasteiger partial charge is 0.462 e. The first-order valence-corrected chi connectivity index (χ1v) is 12.2. The minimum absolute atomic E-state index is 0.0655. The van der Waals surface area contributed by atoms with Crippen molar-refractivity contribution < 1.29 is 18.7 Å². The third-order valence-electron chi connectivity index (χ3n) is 5.77. The van der Waals surface area contributed by atoms with Gasteiger partial charge in [0.1, 0.15) is 4.88 Å². The number of rotatable bonds is 8. The average molecular weight is 504 g/mol. The molecule has 3 aromatic rings. The molecule has 2 heterocycles. The number of nitrogens with one attached hydrogen (secondary N) is 1. The lowest BCUT2D eigenvalue weighted by Gasteiger charge is -2.23. The highest BCUT2D eigenvalue weighted by Crippen LogP contribution is 2.31. The van der Waals surface area contributed by atoms with Gasteiger partial charge < -0.3 is 14.8 Å². The molecule has 1 aliphatic carbocycles. The third kappa shape index (κ3) is 5.76. The molecule has 0 unspecified atom stereocenters. The molecule has 1 saturated carbocycles. The molecule has 35 heavy (non-hydrogen) atoms. The predicted octanol–water partition coefficient (Wildman–Crippen LogP) is 3.83. The topological polar surface area (TPSA) is 117 Å². The van der Waals surface area contributed by atoms with Gasteiger partial charge in [-0.2, -0.15) is 4.98 Å². The molecular weight excluding hydrogens is 477 g/mol. The molecule has 0 amide bonds. The van der Waals surface area contributed by atoms with E-state index in [0.717, 1.165) is 41.6 Å². The van der Waals surface area contributed by atoms with E-state index < -0.39 is 23.2 Å². The summed E-state index contributed by atoms with van der Waals surface area (Å²) in [5.41, 5.74) is -0.877. The summed E-state index contributed by atoms with van der Waals surface area (Å²) < 4.78 is 27.6. The maximum Gasteiger partial charge on any atom is 0.354 e. The second kappa shape index (κ2) is 10.8. The van der Waals surface area contributed by atoms with Crippen LogP contribution in [0, 0.1) is 11.7 Å². The van der Waals surface area contributed by atoms with Crippen LogP contribution in [0.1, 0.15) is 48.7 Å². The Balaban J connectivity index is 1.54. The Hall–Kier alpha value is -3.54. The van der Waals surface area contributed by atoms with E-state index in [1.54, 1.807) is 6.92 Å². The minimum Gasteiger partial charge on any atom is -0.462 e. The fourth-order valence-corrected chi connectivity index (χ4v) is 4.63. The SMILES string of the molecule is CCOC(=O)c1cnc(Oc2ccc(Nc3nc(=O)n(C)c(=O)n3CC3CCCCC3)cc2F)s1. The van der Waals surface area contributed by atoms with E-state index in [2.05, 4.69) is 15.3 Å². The van der Waals surface area contributed by atoms with Crippen LogP contribution in [0.25, 0.3) is 0 Å². The number of esters is 1. The van der Waals surface area contributed by atoms with Gasteiger partial charge in [-0.05, 0) is 37.8 Å². The molecule has 1 fully saturated rings. The molecule has 12 heteroatoms. The smallest absolute Gasteiger partial charge is 0.354 e. The number of benzene rings is 1. The van der Waals surface area contributed by atoms with E-state index in [0.29, 0.717) is 18.2 Å². The van der Waals surface area contributed by atoms with Crippen molar-refractivity contribution in [1.29, 1.82) is 0 Å². The quantitative estimate of drug-likeness (QED) is 0.461. The fraction of sp³-hybridized carbons (Fsp3) is 0.435. The summed E-state index contributed by atoms with van der Waals surface area (Å²) >= 11 is 0.939. The van der Waals surface area contributed by atoms with E-state index in [1.165, 1.54) is 42.4 Å². The Morgan fingerprint density at radius 1 is 1.26 bits per heavy atom. The molecule has 4 rings (SSSR count). The van der Waals surface area contributed by atoms with Gasteiger partial charge in [-0.3, -0.25) is 4.57 Å². The van der Waals surface area contributed by atoms with Crippen LogP contribution in [-0.4, -0.2) is 31.7 Å². The molecule has 1 aliphatic rings. The first kappa shape index (κ1) is 24.6. The molecule has 0 saturated heterocycles. The first-order valence-electron chi connectivity index (χ1n) is 11.4. The van der Waals surface area contributed by atoms with Crippen molar-refractivity contribution in [1.82, 2.24) is 19.1 Å². The highest BCUT2D eigenvalue weighted by molar-refractivity contribution is 7.15. The van der Waals surface area contributed by atoms with Crippen LogP contribution in [0.4, 0.5) is 16.0 Å². The summed E-state index contributed by atoms with van der Waals surface area (Å²) in [6, 6.07) is 4.09. The van der Waals surface area contributed by atoms with Crippen molar-refractivity contribution in [3.63, 3.8) is 0 Å². The van der Waals surface area contributed by atoms with Gasteiger partial charge in [-0.25, -0.2) is 28.3 Å². The van der Waals surface area contributed by atoms with E-state index >= 15 is 0 Å². The molecule has 1 N–H and O–H groups in total. The number of carbonyl (C=O) groups is 1. The Kier molecular flexibility index (Phi) is 7.59. The third-order valence-corrected chi connectivity index (χ3v) is 6.63. The van der Waals surface area contributed by atoms with Crippen LogP contribution in [0.5, 0.6) is 10.9 Å². The molecule has 0 radical (unpaired) electrons. The van der Waals surface area contributed by atoms with Gasteiger partial charge in [0.25, 0.3) is 5.19 Å². The zero-order chi connectivity index (χ0) is 24.9. The van der Waals surface area contributed by atoms with Crippen molar-refractivity contribution in [2.45, 2.75) is 45.6 Å². The molecule has 0 bridgehead atoms. The fourth-order valence-electron chi connectivity index (χ4n) is 3.95. The number of halogens is 1. The number of anilines is 2. The monoisotopic (exact) mass is 503 g/mol. The average Bonchev–Trinajstić information content (AvgIpc) is 3.31. The van der Waals surface area contributed by atoms with Gasteiger partial charge in [-0.15, -0.1) is 0 Å². The Bertz CT molecular complexity index is 1330. The van der Waals surface area contributed by atoms with Crippen LogP contribution in [0.2, 0.25) is 0 Å². The molecule has 0 aliphatic heterocycles. The molecule has 186 valence electrons. The zero-order valence-electron chi connectivity index (χ0n) is 19.5. The van der Waals surface area contributed by atoms with Gasteiger partial charge in [0.2, 0.25) is 5.95 Å². The normalized spacial score (nSPS) is 14.0. The number of hydrogen-bond donors (Lipinski definition) is 1. The van der Waals surface area contributed by atoms with Crippen molar-refractivity contribution in [3.8, 4) is 10.9 Å². The second-order valence-electron chi connectivity index (χ2n) is 8.26. The summed E-state index contributed by atoms with van der Waals surface area (Å²) in [6.07, 6.45) is 6.71. The Morgan fingerprint density at radius 2 is 2.03 bits per heavy atom. The Morgan fingerprint density at radius 3 is 2.74 bits per heavy atom. The molecule has 0 spiro atoms. The number of carbonyl (C=O) groups excluding carboxylic acids is 1. The van der Waals surface area contributed by atoms with Gasteiger partial charge in [-0.1, -0.05) is 30.6 Å². The number of thiazole rings is 1. The summed E-state index contributed by atoms with van der Waals surface area (Å²) in [4.78, 5) is 45.0. The van der Waals surface area contributed by atoms with Gasteiger partial charge >= 0.3 is 17.3 Å². The van der Waals surface area contributed by atoms with E-state index in [4.69, 9.17) is 9.47 Å². The van der Waals surface area contributed by atoms with E-state index in [9.17, 15) is 18.8 Å².